The van der Waals surface area contributed by atoms with Crippen LogP contribution in [-0.2, 0) is 4.74 Å². The maximum atomic E-state index is 12.8. The molecule has 0 atom stereocenters. The molecule has 0 bridgehead atoms. The second kappa shape index (κ2) is 5.04. The van der Waals surface area contributed by atoms with E-state index in [2.05, 4.69) is 4.90 Å². The number of benzene rings is 1. The molecular formula is C16H19NO3. The fourth-order valence-corrected chi connectivity index (χ4v) is 2.66. The molecule has 4 nitrogen and oxygen atoms in total. The minimum atomic E-state index is -0.572. The highest BCUT2D eigenvalue weighted by molar-refractivity contribution is 6.03. The Bertz CT molecular complexity index is 590. The number of ether oxygens (including phenoxy) is 1. The van der Waals surface area contributed by atoms with Crippen molar-refractivity contribution < 1.29 is 13.9 Å². The van der Waals surface area contributed by atoms with E-state index in [-0.39, 0.29) is 5.78 Å². The zero-order valence-electron chi connectivity index (χ0n) is 11.9. The van der Waals surface area contributed by atoms with Gasteiger partial charge in [-0.15, -0.1) is 0 Å². The SMILES string of the molecule is CC(C)(C(=O)c1cc2ccccc2o1)N1CCOCC1. The first kappa shape index (κ1) is 13.3. The summed E-state index contributed by atoms with van der Waals surface area (Å²) in [7, 11) is 0. The van der Waals surface area contributed by atoms with Gasteiger partial charge in [0.2, 0.25) is 5.78 Å². The van der Waals surface area contributed by atoms with E-state index in [4.69, 9.17) is 9.15 Å². The number of nitrogens with zero attached hydrogens (tertiary/aromatic N) is 1. The third-order valence-corrected chi connectivity index (χ3v) is 4.01. The van der Waals surface area contributed by atoms with Crippen LogP contribution in [0, 0.1) is 0 Å². The minimum absolute atomic E-state index is 0.0237. The molecule has 1 aliphatic rings. The molecule has 3 rings (SSSR count). The fraction of sp³-hybridized carbons (Fsp3) is 0.438. The van der Waals surface area contributed by atoms with E-state index < -0.39 is 5.54 Å². The van der Waals surface area contributed by atoms with Gasteiger partial charge in [-0.05, 0) is 26.0 Å². The normalized spacial score (nSPS) is 17.5. The number of rotatable bonds is 3. The molecule has 0 amide bonds. The lowest BCUT2D eigenvalue weighted by Crippen LogP contribution is -2.54. The number of Topliss-reactive ketones (excluding diaryl/α,β-unsaturated/α-hetero) is 1. The van der Waals surface area contributed by atoms with Crippen LogP contribution in [0.3, 0.4) is 0 Å². The summed E-state index contributed by atoms with van der Waals surface area (Å²) in [6, 6.07) is 9.53. The number of hydrogen-bond donors (Lipinski definition) is 0. The largest absolute Gasteiger partial charge is 0.453 e. The molecule has 0 saturated carbocycles. The molecule has 0 radical (unpaired) electrons. The summed E-state index contributed by atoms with van der Waals surface area (Å²) in [6.07, 6.45) is 0. The first-order valence-corrected chi connectivity index (χ1v) is 6.95. The number of para-hydroxylation sites is 1. The highest BCUT2D eigenvalue weighted by atomic mass is 16.5. The van der Waals surface area contributed by atoms with E-state index in [1.165, 1.54) is 0 Å². The molecule has 2 aromatic rings. The van der Waals surface area contributed by atoms with Crippen LogP contribution in [0.4, 0.5) is 0 Å². The van der Waals surface area contributed by atoms with Crippen molar-refractivity contribution in [2.45, 2.75) is 19.4 Å². The van der Waals surface area contributed by atoms with Crippen molar-refractivity contribution in [2.24, 2.45) is 0 Å². The maximum absolute atomic E-state index is 12.8. The Balaban J connectivity index is 1.90. The zero-order valence-corrected chi connectivity index (χ0v) is 11.9. The third kappa shape index (κ3) is 2.25. The fourth-order valence-electron chi connectivity index (χ4n) is 2.66. The van der Waals surface area contributed by atoms with Crippen LogP contribution in [0.5, 0.6) is 0 Å². The summed E-state index contributed by atoms with van der Waals surface area (Å²) in [5.74, 6) is 0.457. The summed E-state index contributed by atoms with van der Waals surface area (Å²) in [6.45, 7) is 6.81. The summed E-state index contributed by atoms with van der Waals surface area (Å²) >= 11 is 0. The smallest absolute Gasteiger partial charge is 0.217 e. The van der Waals surface area contributed by atoms with Crippen molar-refractivity contribution in [3.63, 3.8) is 0 Å². The van der Waals surface area contributed by atoms with Crippen LogP contribution in [0.2, 0.25) is 0 Å². The van der Waals surface area contributed by atoms with Gasteiger partial charge in [0.15, 0.2) is 5.76 Å². The monoisotopic (exact) mass is 273 g/mol. The molecule has 1 fully saturated rings. The summed E-state index contributed by atoms with van der Waals surface area (Å²) in [5, 5.41) is 0.966. The highest BCUT2D eigenvalue weighted by Crippen LogP contribution is 2.26. The quantitative estimate of drug-likeness (QED) is 0.806. The number of morpholine rings is 1. The molecule has 0 aliphatic carbocycles. The molecule has 2 heterocycles. The van der Waals surface area contributed by atoms with Crippen molar-refractivity contribution in [1.82, 2.24) is 4.90 Å². The van der Waals surface area contributed by atoms with Gasteiger partial charge >= 0.3 is 0 Å². The van der Waals surface area contributed by atoms with Gasteiger partial charge in [-0.3, -0.25) is 9.69 Å². The topological polar surface area (TPSA) is 42.7 Å². The van der Waals surface area contributed by atoms with Gasteiger partial charge in [-0.1, -0.05) is 18.2 Å². The summed E-state index contributed by atoms with van der Waals surface area (Å²) in [5.41, 5.74) is 0.186. The van der Waals surface area contributed by atoms with Gasteiger partial charge in [-0.2, -0.15) is 0 Å². The van der Waals surface area contributed by atoms with Gasteiger partial charge in [0.25, 0.3) is 0 Å². The molecule has 1 aromatic heterocycles. The van der Waals surface area contributed by atoms with Gasteiger partial charge in [0.05, 0.1) is 18.8 Å². The van der Waals surface area contributed by atoms with Crippen molar-refractivity contribution in [3.05, 3.63) is 36.1 Å². The van der Waals surface area contributed by atoms with E-state index >= 15 is 0 Å². The Morgan fingerprint density at radius 2 is 1.90 bits per heavy atom. The van der Waals surface area contributed by atoms with Crippen LogP contribution < -0.4 is 0 Å². The molecule has 20 heavy (non-hydrogen) atoms. The predicted molar refractivity (Wildman–Crippen MR) is 77.0 cm³/mol. The number of furan rings is 1. The Morgan fingerprint density at radius 1 is 1.20 bits per heavy atom. The molecule has 106 valence electrons. The Hall–Kier alpha value is -1.65. The molecule has 1 aliphatic heterocycles. The molecule has 4 heteroatoms. The number of carbonyl (C=O) groups excluding carboxylic acids is 1. The van der Waals surface area contributed by atoms with Crippen LogP contribution in [0.1, 0.15) is 24.4 Å². The van der Waals surface area contributed by atoms with Gasteiger partial charge in [0, 0.05) is 18.5 Å². The van der Waals surface area contributed by atoms with Gasteiger partial charge in [0.1, 0.15) is 5.58 Å². The Kier molecular flexibility index (Phi) is 3.36. The molecule has 1 saturated heterocycles. The zero-order chi connectivity index (χ0) is 14.2. The number of carbonyl (C=O) groups is 1. The average Bonchev–Trinajstić information content (AvgIpc) is 2.91. The second-order valence-corrected chi connectivity index (χ2v) is 5.64. The lowest BCUT2D eigenvalue weighted by Gasteiger charge is -2.38. The van der Waals surface area contributed by atoms with Crippen LogP contribution in [-0.4, -0.2) is 42.5 Å². The number of fused-ring (bicyclic) bond motifs is 1. The molecular weight excluding hydrogens is 254 g/mol. The number of hydrogen-bond acceptors (Lipinski definition) is 4. The van der Waals surface area contributed by atoms with Crippen molar-refractivity contribution in [2.75, 3.05) is 26.3 Å². The minimum Gasteiger partial charge on any atom is -0.453 e. The Labute approximate surface area is 118 Å². The van der Waals surface area contributed by atoms with Crippen LogP contribution in [0.15, 0.2) is 34.7 Å². The van der Waals surface area contributed by atoms with E-state index in [1.807, 2.05) is 44.2 Å². The van der Waals surface area contributed by atoms with Crippen molar-refractivity contribution >= 4 is 16.8 Å². The summed E-state index contributed by atoms with van der Waals surface area (Å²) in [4.78, 5) is 14.9. The molecule has 0 spiro atoms. The van der Waals surface area contributed by atoms with Crippen LogP contribution in [0.25, 0.3) is 11.0 Å². The van der Waals surface area contributed by atoms with Crippen molar-refractivity contribution in [3.8, 4) is 0 Å². The Morgan fingerprint density at radius 3 is 2.60 bits per heavy atom. The highest BCUT2D eigenvalue weighted by Gasteiger charge is 2.37. The van der Waals surface area contributed by atoms with Gasteiger partial charge in [-0.25, -0.2) is 0 Å². The maximum Gasteiger partial charge on any atom is 0.217 e. The standard InChI is InChI=1S/C16H19NO3/c1-16(2,17-7-9-19-10-8-17)15(18)14-11-12-5-3-4-6-13(12)20-14/h3-6,11H,7-10H2,1-2H3. The van der Waals surface area contributed by atoms with Crippen molar-refractivity contribution in [1.29, 1.82) is 0 Å². The lowest BCUT2D eigenvalue weighted by molar-refractivity contribution is -0.00514. The van der Waals surface area contributed by atoms with E-state index in [1.54, 1.807) is 0 Å². The molecule has 0 N–H and O–H groups in total. The molecule has 0 unspecified atom stereocenters. The van der Waals surface area contributed by atoms with E-state index in [0.29, 0.717) is 19.0 Å². The first-order valence-electron chi connectivity index (χ1n) is 6.95. The van der Waals surface area contributed by atoms with Crippen LogP contribution >= 0.6 is 0 Å². The van der Waals surface area contributed by atoms with E-state index in [0.717, 1.165) is 24.1 Å². The molecule has 1 aromatic carbocycles. The average molecular weight is 273 g/mol. The lowest BCUT2D eigenvalue weighted by atomic mass is 9.94. The summed E-state index contributed by atoms with van der Waals surface area (Å²) < 4.78 is 11.1. The van der Waals surface area contributed by atoms with Gasteiger partial charge < -0.3 is 9.15 Å². The first-order chi connectivity index (χ1) is 9.59. The van der Waals surface area contributed by atoms with E-state index in [9.17, 15) is 4.79 Å². The second-order valence-electron chi connectivity index (χ2n) is 5.64. The predicted octanol–water partition coefficient (Wildman–Crippen LogP) is 2.73. The third-order valence-electron chi connectivity index (χ3n) is 4.01. The number of ketones is 1.